The predicted octanol–water partition coefficient (Wildman–Crippen LogP) is 0.202. The number of amides is 1. The van der Waals surface area contributed by atoms with Crippen LogP contribution in [0.25, 0.3) is 0 Å². The molecule has 0 bridgehead atoms. The van der Waals surface area contributed by atoms with Crippen molar-refractivity contribution in [3.05, 3.63) is 29.8 Å². The highest BCUT2D eigenvalue weighted by molar-refractivity contribution is 5.77. The van der Waals surface area contributed by atoms with Crippen molar-refractivity contribution in [2.45, 2.75) is 6.54 Å². The van der Waals surface area contributed by atoms with Crippen molar-refractivity contribution < 1.29 is 9.53 Å². The van der Waals surface area contributed by atoms with Crippen LogP contribution in [0.5, 0.6) is 5.75 Å². The number of benzene rings is 1. The van der Waals surface area contributed by atoms with Gasteiger partial charge in [0, 0.05) is 25.2 Å². The number of nitrogens with two attached hydrogens (primary N) is 1. The first-order chi connectivity index (χ1) is 8.67. The Morgan fingerprint density at radius 3 is 2.83 bits per heavy atom. The van der Waals surface area contributed by atoms with Gasteiger partial charge in [0.2, 0.25) is 5.91 Å². The van der Waals surface area contributed by atoms with Crippen LogP contribution in [0.15, 0.2) is 24.3 Å². The van der Waals surface area contributed by atoms with Gasteiger partial charge in [0.15, 0.2) is 0 Å². The number of hydrogen-bond donors (Lipinski definition) is 2. The van der Waals surface area contributed by atoms with Crippen molar-refractivity contribution in [1.82, 2.24) is 10.2 Å². The number of para-hydroxylation sites is 1. The maximum Gasteiger partial charge on any atom is 0.234 e. The highest BCUT2D eigenvalue weighted by Gasteiger charge is 2.09. The molecule has 0 aromatic heterocycles. The Hall–Kier alpha value is -1.59. The summed E-state index contributed by atoms with van der Waals surface area (Å²) < 4.78 is 5.27. The second kappa shape index (κ2) is 7.68. The van der Waals surface area contributed by atoms with Crippen molar-refractivity contribution in [3.63, 3.8) is 0 Å². The fraction of sp³-hybridized carbons (Fsp3) is 0.462. The van der Waals surface area contributed by atoms with E-state index in [1.165, 1.54) is 0 Å². The van der Waals surface area contributed by atoms with E-state index in [0.717, 1.165) is 11.3 Å². The zero-order valence-electron chi connectivity index (χ0n) is 11.0. The lowest BCUT2D eigenvalue weighted by molar-refractivity contribution is -0.122. The fourth-order valence-corrected chi connectivity index (χ4v) is 1.69. The minimum Gasteiger partial charge on any atom is -0.496 e. The number of hydrogen-bond acceptors (Lipinski definition) is 4. The maximum atomic E-state index is 11.5. The number of ether oxygens (including phenoxy) is 1. The van der Waals surface area contributed by atoms with Crippen LogP contribution >= 0.6 is 0 Å². The predicted molar refractivity (Wildman–Crippen MR) is 71.4 cm³/mol. The normalized spacial score (nSPS) is 10.4. The van der Waals surface area contributed by atoms with E-state index < -0.39 is 0 Å². The first kappa shape index (κ1) is 14.5. The van der Waals surface area contributed by atoms with Gasteiger partial charge in [0.05, 0.1) is 13.7 Å². The van der Waals surface area contributed by atoms with Gasteiger partial charge in [-0.1, -0.05) is 18.2 Å². The second-order valence-corrected chi connectivity index (χ2v) is 4.12. The van der Waals surface area contributed by atoms with Gasteiger partial charge in [-0.3, -0.25) is 9.69 Å². The largest absolute Gasteiger partial charge is 0.496 e. The zero-order chi connectivity index (χ0) is 13.4. The molecular weight excluding hydrogens is 230 g/mol. The smallest absolute Gasteiger partial charge is 0.234 e. The minimum atomic E-state index is -0.0159. The molecular formula is C13H21N3O2. The summed E-state index contributed by atoms with van der Waals surface area (Å²) in [7, 11) is 3.54. The van der Waals surface area contributed by atoms with Crippen molar-refractivity contribution in [3.8, 4) is 5.75 Å². The molecule has 5 heteroatoms. The number of methoxy groups -OCH3 is 1. The van der Waals surface area contributed by atoms with Crippen LogP contribution in [0.4, 0.5) is 0 Å². The summed E-state index contributed by atoms with van der Waals surface area (Å²) in [6.45, 7) is 1.99. The van der Waals surface area contributed by atoms with Gasteiger partial charge in [-0.05, 0) is 13.1 Å². The Labute approximate surface area is 108 Å². The monoisotopic (exact) mass is 251 g/mol. The summed E-state index contributed by atoms with van der Waals surface area (Å²) in [6, 6.07) is 7.79. The molecule has 1 amide bonds. The molecule has 0 aliphatic carbocycles. The minimum absolute atomic E-state index is 0.0159. The number of rotatable bonds is 7. The molecule has 1 aromatic carbocycles. The van der Waals surface area contributed by atoms with Crippen molar-refractivity contribution in [2.75, 3.05) is 33.8 Å². The fourth-order valence-electron chi connectivity index (χ4n) is 1.69. The van der Waals surface area contributed by atoms with Gasteiger partial charge >= 0.3 is 0 Å². The van der Waals surface area contributed by atoms with E-state index in [4.69, 9.17) is 10.5 Å². The summed E-state index contributed by atoms with van der Waals surface area (Å²) in [4.78, 5) is 13.5. The lowest BCUT2D eigenvalue weighted by atomic mass is 10.2. The maximum absolute atomic E-state index is 11.5. The molecule has 0 radical (unpaired) electrons. The van der Waals surface area contributed by atoms with Gasteiger partial charge in [0.25, 0.3) is 0 Å². The number of carbonyl (C=O) groups excluding carboxylic acids is 1. The third-order valence-electron chi connectivity index (χ3n) is 2.51. The Bertz CT molecular complexity index is 382. The Balaban J connectivity index is 2.48. The molecule has 0 fully saturated rings. The summed E-state index contributed by atoms with van der Waals surface area (Å²) >= 11 is 0. The second-order valence-electron chi connectivity index (χ2n) is 4.12. The van der Waals surface area contributed by atoms with E-state index in [9.17, 15) is 4.79 Å². The molecule has 100 valence electrons. The summed E-state index contributed by atoms with van der Waals surface area (Å²) in [5.74, 6) is 0.824. The topological polar surface area (TPSA) is 67.6 Å². The van der Waals surface area contributed by atoms with Gasteiger partial charge in [-0.25, -0.2) is 0 Å². The Kier molecular flexibility index (Phi) is 6.18. The van der Waals surface area contributed by atoms with Crippen LogP contribution in [-0.4, -0.2) is 44.6 Å². The van der Waals surface area contributed by atoms with Crippen LogP contribution in [0.2, 0.25) is 0 Å². The van der Waals surface area contributed by atoms with E-state index in [0.29, 0.717) is 26.2 Å². The number of likely N-dealkylation sites (N-methyl/N-ethyl adjacent to an activating group) is 1. The molecule has 0 saturated heterocycles. The Morgan fingerprint density at radius 1 is 1.44 bits per heavy atom. The average molecular weight is 251 g/mol. The van der Waals surface area contributed by atoms with Gasteiger partial charge < -0.3 is 15.8 Å². The van der Waals surface area contributed by atoms with Crippen molar-refractivity contribution in [1.29, 1.82) is 0 Å². The zero-order valence-corrected chi connectivity index (χ0v) is 11.0. The molecule has 0 spiro atoms. The number of nitrogens with zero attached hydrogens (tertiary/aromatic N) is 1. The van der Waals surface area contributed by atoms with Crippen molar-refractivity contribution >= 4 is 5.91 Å². The van der Waals surface area contributed by atoms with E-state index in [1.807, 2.05) is 36.2 Å². The molecule has 0 unspecified atom stereocenters. The van der Waals surface area contributed by atoms with Crippen LogP contribution in [-0.2, 0) is 11.3 Å². The standard InChI is InChI=1S/C13H21N3O2/c1-16(10-13(17)15-8-7-14)9-11-5-3-4-6-12(11)18-2/h3-6H,7-10,14H2,1-2H3,(H,15,17). The van der Waals surface area contributed by atoms with E-state index in [1.54, 1.807) is 7.11 Å². The highest BCUT2D eigenvalue weighted by atomic mass is 16.5. The third kappa shape index (κ3) is 4.73. The molecule has 5 nitrogen and oxygen atoms in total. The highest BCUT2D eigenvalue weighted by Crippen LogP contribution is 2.18. The van der Waals surface area contributed by atoms with Crippen molar-refractivity contribution in [2.24, 2.45) is 5.73 Å². The average Bonchev–Trinajstić information content (AvgIpc) is 2.36. The SMILES string of the molecule is COc1ccccc1CN(C)CC(=O)NCCN. The van der Waals surface area contributed by atoms with E-state index in [2.05, 4.69) is 5.32 Å². The number of nitrogens with one attached hydrogen (secondary N) is 1. The lowest BCUT2D eigenvalue weighted by Gasteiger charge is -2.17. The van der Waals surface area contributed by atoms with Gasteiger partial charge in [-0.15, -0.1) is 0 Å². The van der Waals surface area contributed by atoms with Crippen LogP contribution in [0, 0.1) is 0 Å². The van der Waals surface area contributed by atoms with Crippen LogP contribution in [0.1, 0.15) is 5.56 Å². The summed E-state index contributed by atoms with van der Waals surface area (Å²) in [5, 5.41) is 2.74. The Morgan fingerprint density at radius 2 is 2.17 bits per heavy atom. The molecule has 1 aromatic rings. The molecule has 0 heterocycles. The van der Waals surface area contributed by atoms with Gasteiger partial charge in [-0.2, -0.15) is 0 Å². The molecule has 0 atom stereocenters. The molecule has 1 rings (SSSR count). The quantitative estimate of drug-likeness (QED) is 0.726. The van der Waals surface area contributed by atoms with Crippen LogP contribution in [0.3, 0.4) is 0 Å². The van der Waals surface area contributed by atoms with Gasteiger partial charge in [0.1, 0.15) is 5.75 Å². The molecule has 3 N–H and O–H groups in total. The first-order valence-corrected chi connectivity index (χ1v) is 5.94. The molecule has 18 heavy (non-hydrogen) atoms. The summed E-state index contributed by atoms with van der Waals surface area (Å²) in [5.41, 5.74) is 6.39. The first-order valence-electron chi connectivity index (χ1n) is 5.94. The third-order valence-corrected chi connectivity index (χ3v) is 2.51. The lowest BCUT2D eigenvalue weighted by Crippen LogP contribution is -2.37. The molecule has 0 saturated carbocycles. The van der Waals surface area contributed by atoms with E-state index in [-0.39, 0.29) is 5.91 Å². The number of carbonyl (C=O) groups is 1. The summed E-state index contributed by atoms with van der Waals surface area (Å²) in [6.07, 6.45) is 0. The molecule has 0 aliphatic heterocycles. The van der Waals surface area contributed by atoms with Crippen LogP contribution < -0.4 is 15.8 Å². The molecule has 0 aliphatic rings. The van der Waals surface area contributed by atoms with E-state index >= 15 is 0 Å².